The molecule has 1 aromatic rings. The standard InChI is InChI=1S/C29H34O12/c1-14(30)38-17-12-16-24(4,10-8-18(31)36-7)27(34)22(33)23(2,3)41-29(27,35)26(16,6)28-20(40-28)21(32)39-19(25(17,28)5)15-9-11-37-13-15/h8-11,13,16-17,19-20,34-35H,12H2,1-7H3/b10-8-/t16-,17-,19+,20-,24+,25+,26-,27+,28-,29+/m1/s1. The molecule has 2 N–H and O–H groups in total. The summed E-state index contributed by atoms with van der Waals surface area (Å²) in [5.74, 6) is -6.49. The smallest absolute Gasteiger partial charge is 0.339 e. The van der Waals surface area contributed by atoms with Crippen molar-refractivity contribution < 1.29 is 57.5 Å². The van der Waals surface area contributed by atoms with Crippen molar-refractivity contribution in [3.63, 3.8) is 0 Å². The van der Waals surface area contributed by atoms with Crippen molar-refractivity contribution in [3.8, 4) is 0 Å². The first kappa shape index (κ1) is 28.1. The van der Waals surface area contributed by atoms with E-state index < -0.39 is 86.8 Å². The number of esters is 3. The van der Waals surface area contributed by atoms with Gasteiger partial charge in [-0.2, -0.15) is 0 Å². The second kappa shape index (κ2) is 7.85. The highest BCUT2D eigenvalue weighted by Crippen LogP contribution is 2.84. The molecule has 222 valence electrons. The lowest BCUT2D eigenvalue weighted by Gasteiger charge is -2.61. The summed E-state index contributed by atoms with van der Waals surface area (Å²) >= 11 is 0. The number of Topliss-reactive ketones (excluding diaryl/α,β-unsaturated/α-hetero) is 1. The van der Waals surface area contributed by atoms with E-state index in [1.54, 1.807) is 19.9 Å². The van der Waals surface area contributed by atoms with E-state index in [1.165, 1.54) is 53.4 Å². The number of hydrogen-bond acceptors (Lipinski definition) is 12. The van der Waals surface area contributed by atoms with Crippen molar-refractivity contribution in [2.24, 2.45) is 22.2 Å². The van der Waals surface area contributed by atoms with Crippen LogP contribution >= 0.6 is 0 Å². The van der Waals surface area contributed by atoms with Crippen LogP contribution in [0.1, 0.15) is 59.6 Å². The third-order valence-corrected chi connectivity index (χ3v) is 10.9. The topological polar surface area (TPSA) is 171 Å². The maximum atomic E-state index is 14.1. The Hall–Kier alpha value is -3.06. The largest absolute Gasteiger partial charge is 0.472 e. The van der Waals surface area contributed by atoms with E-state index in [1.807, 2.05) is 0 Å². The van der Waals surface area contributed by atoms with Gasteiger partial charge in [0.25, 0.3) is 0 Å². The van der Waals surface area contributed by atoms with Gasteiger partial charge in [0.2, 0.25) is 11.6 Å². The number of cyclic esters (lactones) is 1. The van der Waals surface area contributed by atoms with Crippen LogP contribution in [0.4, 0.5) is 0 Å². The number of ketones is 1. The number of ether oxygens (including phenoxy) is 5. The molecular weight excluding hydrogens is 540 g/mol. The molecule has 0 radical (unpaired) electrons. The van der Waals surface area contributed by atoms with Gasteiger partial charge in [-0.05, 0) is 39.2 Å². The Morgan fingerprint density at radius 2 is 1.78 bits per heavy atom. The molecule has 0 amide bonds. The molecule has 0 aromatic carbocycles. The summed E-state index contributed by atoms with van der Waals surface area (Å²) in [6.45, 7) is 8.99. The monoisotopic (exact) mass is 574 g/mol. The fraction of sp³-hybridized carbons (Fsp3) is 0.655. The van der Waals surface area contributed by atoms with Crippen molar-refractivity contribution in [1.82, 2.24) is 0 Å². The van der Waals surface area contributed by atoms with Gasteiger partial charge in [-0.1, -0.05) is 19.9 Å². The lowest BCUT2D eigenvalue weighted by atomic mass is 9.44. The Balaban J connectivity index is 1.67. The zero-order chi connectivity index (χ0) is 30.2. The Morgan fingerprint density at radius 1 is 1.10 bits per heavy atom. The van der Waals surface area contributed by atoms with Crippen LogP contribution in [0.25, 0.3) is 0 Å². The third kappa shape index (κ3) is 2.76. The summed E-state index contributed by atoms with van der Waals surface area (Å²) in [5.41, 5.74) is -10.3. The summed E-state index contributed by atoms with van der Waals surface area (Å²) in [6.07, 6.45) is 1.88. The molecule has 3 aliphatic heterocycles. The highest BCUT2D eigenvalue weighted by Gasteiger charge is 2.99. The molecule has 10 atom stereocenters. The summed E-state index contributed by atoms with van der Waals surface area (Å²) in [5, 5.41) is 25.3. The summed E-state index contributed by atoms with van der Waals surface area (Å²) in [7, 11) is 1.18. The molecule has 0 bridgehead atoms. The van der Waals surface area contributed by atoms with Crippen LogP contribution in [0.5, 0.6) is 0 Å². The fourth-order valence-electron chi connectivity index (χ4n) is 9.10. The van der Waals surface area contributed by atoms with Crippen LogP contribution < -0.4 is 0 Å². The molecular formula is C29H34O12. The van der Waals surface area contributed by atoms with Gasteiger partial charge in [0.15, 0.2) is 11.7 Å². The summed E-state index contributed by atoms with van der Waals surface area (Å²) in [6, 6.07) is 1.61. The molecule has 4 heterocycles. The van der Waals surface area contributed by atoms with E-state index in [-0.39, 0.29) is 6.42 Å². The second-order valence-corrected chi connectivity index (χ2v) is 12.9. The number of methoxy groups -OCH3 is 1. The first-order valence-corrected chi connectivity index (χ1v) is 13.5. The zero-order valence-corrected chi connectivity index (χ0v) is 23.9. The summed E-state index contributed by atoms with van der Waals surface area (Å²) < 4.78 is 34.4. The van der Waals surface area contributed by atoms with E-state index in [0.29, 0.717) is 5.56 Å². The van der Waals surface area contributed by atoms with Crippen LogP contribution in [0.15, 0.2) is 35.2 Å². The number of fused-ring (bicyclic) bond motifs is 3. The van der Waals surface area contributed by atoms with Gasteiger partial charge < -0.3 is 38.3 Å². The second-order valence-electron chi connectivity index (χ2n) is 12.9. The van der Waals surface area contributed by atoms with Gasteiger partial charge in [0.05, 0.1) is 30.5 Å². The molecule has 1 aromatic heterocycles. The number of carbonyl (C=O) groups excluding carboxylic acids is 4. The minimum Gasteiger partial charge on any atom is -0.472 e. The average Bonchev–Trinajstić information content (AvgIpc) is 3.39. The minimum atomic E-state index is -2.63. The van der Waals surface area contributed by atoms with Gasteiger partial charge in [-0.3, -0.25) is 9.59 Å². The number of epoxide rings is 1. The molecule has 2 aliphatic carbocycles. The van der Waals surface area contributed by atoms with Crippen molar-refractivity contribution in [3.05, 3.63) is 36.3 Å². The molecule has 3 saturated heterocycles. The molecule has 5 aliphatic rings. The van der Waals surface area contributed by atoms with Crippen LogP contribution in [-0.4, -0.2) is 75.8 Å². The molecule has 6 rings (SSSR count). The molecule has 0 unspecified atom stereocenters. The van der Waals surface area contributed by atoms with E-state index in [4.69, 9.17) is 28.1 Å². The Bertz CT molecular complexity index is 1400. The van der Waals surface area contributed by atoms with E-state index in [2.05, 4.69) is 0 Å². The van der Waals surface area contributed by atoms with Gasteiger partial charge in [0.1, 0.15) is 23.4 Å². The SMILES string of the molecule is COC(=O)/C=C\[C@@]1(C)[C@H]2C[C@@H](OC(C)=O)[C@@]3(C)[C@H](c4ccoc4)OC(=O)[C@H]4O[C@]43[C@]2(C)[C@]2(O)OC(C)(C)C(=O)[C@@]21O. The average molecular weight is 575 g/mol. The predicted molar refractivity (Wildman–Crippen MR) is 134 cm³/mol. The normalized spacial score (nSPS) is 49.0. The maximum Gasteiger partial charge on any atom is 0.339 e. The lowest BCUT2D eigenvalue weighted by molar-refractivity contribution is -0.347. The predicted octanol–water partition coefficient (Wildman–Crippen LogP) is 1.53. The number of furan rings is 1. The maximum absolute atomic E-state index is 14.1. The van der Waals surface area contributed by atoms with E-state index in [9.17, 15) is 29.4 Å². The minimum absolute atomic E-state index is 0.0278. The first-order valence-electron chi connectivity index (χ1n) is 13.5. The highest BCUT2D eigenvalue weighted by molar-refractivity contribution is 6.00. The fourth-order valence-corrected chi connectivity index (χ4v) is 9.10. The molecule has 2 saturated carbocycles. The van der Waals surface area contributed by atoms with Gasteiger partial charge >= 0.3 is 17.9 Å². The van der Waals surface area contributed by atoms with Crippen LogP contribution in [-0.2, 0) is 42.9 Å². The van der Waals surface area contributed by atoms with Crippen molar-refractivity contribution in [2.45, 2.75) is 88.9 Å². The van der Waals surface area contributed by atoms with Crippen LogP contribution in [0.3, 0.4) is 0 Å². The van der Waals surface area contributed by atoms with Gasteiger partial charge in [-0.15, -0.1) is 0 Å². The molecule has 5 fully saturated rings. The van der Waals surface area contributed by atoms with Crippen molar-refractivity contribution in [2.75, 3.05) is 7.11 Å². The van der Waals surface area contributed by atoms with E-state index >= 15 is 0 Å². The number of hydrogen-bond donors (Lipinski definition) is 2. The molecule has 41 heavy (non-hydrogen) atoms. The highest BCUT2D eigenvalue weighted by atomic mass is 16.7. The Morgan fingerprint density at radius 3 is 2.37 bits per heavy atom. The third-order valence-electron chi connectivity index (χ3n) is 10.9. The lowest BCUT2D eigenvalue weighted by Crippen LogP contribution is -2.73. The van der Waals surface area contributed by atoms with Gasteiger partial charge in [0, 0.05) is 24.0 Å². The van der Waals surface area contributed by atoms with Crippen LogP contribution in [0, 0.1) is 22.2 Å². The number of rotatable bonds is 4. The van der Waals surface area contributed by atoms with Crippen molar-refractivity contribution >= 4 is 23.7 Å². The zero-order valence-electron chi connectivity index (χ0n) is 23.9. The molecule has 1 spiro atoms. The van der Waals surface area contributed by atoms with Crippen molar-refractivity contribution in [1.29, 1.82) is 0 Å². The molecule has 12 heteroatoms. The number of aliphatic hydroxyl groups is 2. The molecule has 12 nitrogen and oxygen atoms in total. The Kier molecular flexibility index (Phi) is 5.38. The Labute approximate surface area is 235 Å². The number of carbonyl (C=O) groups is 4. The summed E-state index contributed by atoms with van der Waals surface area (Å²) in [4.78, 5) is 52.3. The van der Waals surface area contributed by atoms with Crippen LogP contribution in [0.2, 0.25) is 0 Å². The first-order chi connectivity index (χ1) is 18.9. The quantitative estimate of drug-likeness (QED) is 0.230. The van der Waals surface area contributed by atoms with Gasteiger partial charge in [-0.25, -0.2) is 9.59 Å². The van der Waals surface area contributed by atoms with E-state index in [0.717, 1.165) is 6.08 Å².